The molecule has 1 heterocycles. The van der Waals surface area contributed by atoms with Gasteiger partial charge in [-0.2, -0.15) is 0 Å². The lowest BCUT2D eigenvalue weighted by molar-refractivity contribution is 0.632. The van der Waals surface area contributed by atoms with Crippen LogP contribution in [0.1, 0.15) is 12.7 Å². The highest BCUT2D eigenvalue weighted by atomic mass is 35.5. The molecule has 0 radical (unpaired) electrons. The molecule has 0 aliphatic heterocycles. The van der Waals surface area contributed by atoms with E-state index in [1.165, 1.54) is 6.07 Å². The first-order valence-electron chi connectivity index (χ1n) is 6.65. The van der Waals surface area contributed by atoms with Crippen LogP contribution in [0.3, 0.4) is 0 Å². The third-order valence-corrected chi connectivity index (χ3v) is 3.38. The Kier molecular flexibility index (Phi) is 3.71. The molecule has 2 aromatic carbocycles. The Hall–Kier alpha value is -2.20. The lowest BCUT2D eigenvalue weighted by Gasteiger charge is -2.11. The Balaban J connectivity index is 2.14. The summed E-state index contributed by atoms with van der Waals surface area (Å²) in [5, 5.41) is 4.46. The fraction of sp³-hybridized carbons (Fsp3) is 0.125. The summed E-state index contributed by atoms with van der Waals surface area (Å²) in [6.45, 7) is 1.97. The van der Waals surface area contributed by atoms with E-state index in [1.54, 1.807) is 30.3 Å². The fourth-order valence-corrected chi connectivity index (χ4v) is 2.26. The molecule has 0 saturated carbocycles. The number of aryl methyl sites for hydroxylation is 1. The van der Waals surface area contributed by atoms with E-state index in [-0.39, 0.29) is 5.82 Å². The highest BCUT2D eigenvalue weighted by Gasteiger charge is 2.09. The van der Waals surface area contributed by atoms with E-state index in [0.29, 0.717) is 28.8 Å². The second-order valence-corrected chi connectivity index (χ2v) is 5.04. The van der Waals surface area contributed by atoms with Crippen molar-refractivity contribution in [1.82, 2.24) is 9.97 Å². The molecular weight excluding hydrogens is 289 g/mol. The van der Waals surface area contributed by atoms with Gasteiger partial charge in [-0.1, -0.05) is 30.7 Å². The van der Waals surface area contributed by atoms with E-state index in [0.717, 1.165) is 10.9 Å². The molecule has 0 aliphatic carbocycles. The summed E-state index contributed by atoms with van der Waals surface area (Å²) in [5.41, 5.74) is 1.13. The summed E-state index contributed by atoms with van der Waals surface area (Å²) in [7, 11) is 0. The van der Waals surface area contributed by atoms with Gasteiger partial charge in [0.05, 0.1) is 11.2 Å². The van der Waals surface area contributed by atoms with Gasteiger partial charge >= 0.3 is 0 Å². The number of aromatic nitrogens is 2. The molecule has 0 saturated heterocycles. The number of halogens is 2. The van der Waals surface area contributed by atoms with Gasteiger partial charge in [0.1, 0.15) is 17.5 Å². The van der Waals surface area contributed by atoms with E-state index in [4.69, 9.17) is 11.6 Å². The summed E-state index contributed by atoms with van der Waals surface area (Å²) in [6, 6.07) is 11.9. The molecule has 0 fully saturated rings. The predicted molar refractivity (Wildman–Crippen MR) is 83.6 cm³/mol. The number of para-hydroxylation sites is 1. The first-order valence-corrected chi connectivity index (χ1v) is 7.03. The maximum absolute atomic E-state index is 13.8. The molecule has 0 spiro atoms. The average Bonchev–Trinajstić information content (AvgIpc) is 2.48. The molecule has 5 heteroatoms. The molecule has 1 aromatic heterocycles. The van der Waals surface area contributed by atoms with Crippen LogP contribution in [0.5, 0.6) is 0 Å². The van der Waals surface area contributed by atoms with Crippen molar-refractivity contribution < 1.29 is 4.39 Å². The predicted octanol–water partition coefficient (Wildman–Crippen LogP) is 4.73. The lowest BCUT2D eigenvalue weighted by Crippen LogP contribution is -2.02. The van der Waals surface area contributed by atoms with Crippen LogP contribution in [0.25, 0.3) is 10.9 Å². The van der Waals surface area contributed by atoms with Crippen LogP contribution in [-0.2, 0) is 6.42 Å². The van der Waals surface area contributed by atoms with Crippen molar-refractivity contribution in [2.75, 3.05) is 5.32 Å². The average molecular weight is 302 g/mol. The molecule has 21 heavy (non-hydrogen) atoms. The normalized spacial score (nSPS) is 10.8. The van der Waals surface area contributed by atoms with Gasteiger partial charge in [-0.15, -0.1) is 0 Å². The van der Waals surface area contributed by atoms with Gasteiger partial charge in [0.15, 0.2) is 0 Å². The maximum atomic E-state index is 13.8. The van der Waals surface area contributed by atoms with Gasteiger partial charge in [0.2, 0.25) is 0 Å². The van der Waals surface area contributed by atoms with Crippen LogP contribution >= 0.6 is 11.6 Å². The SMILES string of the molecule is CCc1nc(Nc2ccccc2F)c2ccc(Cl)cc2n1. The Morgan fingerprint density at radius 2 is 1.95 bits per heavy atom. The molecule has 3 rings (SSSR count). The van der Waals surface area contributed by atoms with Gasteiger partial charge in [-0.3, -0.25) is 0 Å². The van der Waals surface area contributed by atoms with Crippen LogP contribution in [-0.4, -0.2) is 9.97 Å². The number of nitrogens with one attached hydrogen (secondary N) is 1. The summed E-state index contributed by atoms with van der Waals surface area (Å²) in [4.78, 5) is 8.90. The van der Waals surface area contributed by atoms with E-state index in [1.807, 2.05) is 13.0 Å². The van der Waals surface area contributed by atoms with E-state index >= 15 is 0 Å². The molecule has 0 amide bonds. The van der Waals surface area contributed by atoms with Crippen LogP contribution in [0, 0.1) is 5.82 Å². The first kappa shape index (κ1) is 13.8. The number of hydrogen-bond acceptors (Lipinski definition) is 3. The highest BCUT2D eigenvalue weighted by Crippen LogP contribution is 2.27. The lowest BCUT2D eigenvalue weighted by atomic mass is 10.2. The molecular formula is C16H13ClFN3. The maximum Gasteiger partial charge on any atom is 0.146 e. The number of hydrogen-bond donors (Lipinski definition) is 1. The monoisotopic (exact) mass is 301 g/mol. The Morgan fingerprint density at radius 1 is 1.14 bits per heavy atom. The van der Waals surface area contributed by atoms with Gasteiger partial charge in [0.25, 0.3) is 0 Å². The van der Waals surface area contributed by atoms with Crippen LogP contribution in [0.2, 0.25) is 5.02 Å². The zero-order valence-corrected chi connectivity index (χ0v) is 12.2. The largest absolute Gasteiger partial charge is 0.337 e. The van der Waals surface area contributed by atoms with E-state index < -0.39 is 0 Å². The molecule has 0 bridgehead atoms. The zero-order chi connectivity index (χ0) is 14.8. The van der Waals surface area contributed by atoms with Gasteiger partial charge in [-0.05, 0) is 30.3 Å². The second-order valence-electron chi connectivity index (χ2n) is 4.61. The molecule has 106 valence electrons. The minimum absolute atomic E-state index is 0.323. The van der Waals surface area contributed by atoms with Crippen molar-refractivity contribution in [3.63, 3.8) is 0 Å². The Morgan fingerprint density at radius 3 is 2.71 bits per heavy atom. The standard InChI is InChI=1S/C16H13ClFN3/c1-2-15-19-14-9-10(17)7-8-11(14)16(21-15)20-13-6-4-3-5-12(13)18/h3-9H,2H2,1H3,(H,19,20,21). The summed E-state index contributed by atoms with van der Waals surface area (Å²) in [5.74, 6) is 0.943. The number of benzene rings is 2. The van der Waals surface area contributed by atoms with Crippen molar-refractivity contribution in [3.05, 3.63) is 59.1 Å². The number of rotatable bonds is 3. The van der Waals surface area contributed by atoms with Gasteiger partial charge in [0, 0.05) is 16.8 Å². The van der Waals surface area contributed by atoms with E-state index in [2.05, 4.69) is 15.3 Å². The third kappa shape index (κ3) is 2.81. The second kappa shape index (κ2) is 5.66. The summed E-state index contributed by atoms with van der Waals surface area (Å²) < 4.78 is 13.8. The third-order valence-electron chi connectivity index (χ3n) is 3.15. The molecule has 0 unspecified atom stereocenters. The zero-order valence-electron chi connectivity index (χ0n) is 11.4. The van der Waals surface area contributed by atoms with Gasteiger partial charge in [-0.25, -0.2) is 14.4 Å². The smallest absolute Gasteiger partial charge is 0.146 e. The number of fused-ring (bicyclic) bond motifs is 1. The number of anilines is 2. The molecule has 0 aliphatic rings. The van der Waals surface area contributed by atoms with Crippen molar-refractivity contribution in [2.45, 2.75) is 13.3 Å². The Bertz CT molecular complexity index is 805. The minimum atomic E-state index is -0.323. The van der Waals surface area contributed by atoms with Gasteiger partial charge < -0.3 is 5.32 Å². The molecule has 3 nitrogen and oxygen atoms in total. The minimum Gasteiger partial charge on any atom is -0.337 e. The quantitative estimate of drug-likeness (QED) is 0.760. The first-order chi connectivity index (χ1) is 10.2. The molecule has 0 atom stereocenters. The van der Waals surface area contributed by atoms with Crippen molar-refractivity contribution in [3.8, 4) is 0 Å². The fourth-order valence-electron chi connectivity index (χ4n) is 2.09. The van der Waals surface area contributed by atoms with Crippen molar-refractivity contribution >= 4 is 34.0 Å². The highest BCUT2D eigenvalue weighted by molar-refractivity contribution is 6.31. The van der Waals surface area contributed by atoms with Crippen LogP contribution < -0.4 is 5.32 Å². The Labute approximate surface area is 126 Å². The summed E-state index contributed by atoms with van der Waals surface area (Å²) >= 11 is 6.01. The van der Waals surface area contributed by atoms with Crippen molar-refractivity contribution in [1.29, 1.82) is 0 Å². The van der Waals surface area contributed by atoms with Crippen LogP contribution in [0.4, 0.5) is 15.9 Å². The molecule has 3 aromatic rings. The van der Waals surface area contributed by atoms with Crippen LogP contribution in [0.15, 0.2) is 42.5 Å². The number of nitrogens with zero attached hydrogens (tertiary/aromatic N) is 2. The topological polar surface area (TPSA) is 37.8 Å². The van der Waals surface area contributed by atoms with Crippen molar-refractivity contribution in [2.24, 2.45) is 0 Å². The summed E-state index contributed by atoms with van der Waals surface area (Å²) in [6.07, 6.45) is 0.689. The molecule has 1 N–H and O–H groups in total. The van der Waals surface area contributed by atoms with E-state index in [9.17, 15) is 4.39 Å².